The van der Waals surface area contributed by atoms with E-state index < -0.39 is 0 Å². The van der Waals surface area contributed by atoms with Crippen LogP contribution in [0.4, 0.5) is 10.1 Å². The van der Waals surface area contributed by atoms with Gasteiger partial charge in [-0.05, 0) is 30.8 Å². The maximum absolute atomic E-state index is 14.7. The van der Waals surface area contributed by atoms with Gasteiger partial charge in [-0.1, -0.05) is 24.3 Å². The molecule has 1 aromatic heterocycles. The molecule has 2 heterocycles. The minimum Gasteiger partial charge on any atom is -0.466 e. The molecule has 30 heavy (non-hydrogen) atoms. The lowest BCUT2D eigenvalue weighted by Gasteiger charge is -2.40. The van der Waals surface area contributed by atoms with Crippen LogP contribution in [0, 0.1) is 5.82 Å². The van der Waals surface area contributed by atoms with E-state index in [0.717, 1.165) is 23.2 Å². The molecule has 8 heteroatoms. The van der Waals surface area contributed by atoms with Crippen molar-refractivity contribution in [1.29, 1.82) is 0 Å². The zero-order valence-electron chi connectivity index (χ0n) is 16.7. The van der Waals surface area contributed by atoms with Crippen LogP contribution in [0.15, 0.2) is 47.3 Å². The van der Waals surface area contributed by atoms with Gasteiger partial charge in [-0.25, -0.2) is 9.49 Å². The van der Waals surface area contributed by atoms with Crippen LogP contribution in [-0.2, 0) is 16.0 Å². The van der Waals surface area contributed by atoms with E-state index in [4.69, 9.17) is 4.74 Å². The molecule has 0 amide bonds. The number of benzene rings is 2. The van der Waals surface area contributed by atoms with Crippen molar-refractivity contribution in [3.63, 3.8) is 0 Å². The molecule has 0 aliphatic carbocycles. The molecule has 0 saturated carbocycles. The van der Waals surface area contributed by atoms with E-state index in [2.05, 4.69) is 15.1 Å². The third-order valence-electron chi connectivity index (χ3n) is 5.63. The van der Waals surface area contributed by atoms with Gasteiger partial charge in [0.25, 0.3) is 12.0 Å². The summed E-state index contributed by atoms with van der Waals surface area (Å²) in [4.78, 5) is 26.7. The van der Waals surface area contributed by atoms with E-state index in [9.17, 15) is 14.0 Å². The van der Waals surface area contributed by atoms with Crippen molar-refractivity contribution < 1.29 is 13.9 Å². The Morgan fingerprint density at radius 3 is 2.83 bits per heavy atom. The molecule has 1 unspecified atom stereocenters. The first-order chi connectivity index (χ1) is 14.6. The highest BCUT2D eigenvalue weighted by molar-refractivity contribution is 5.83. The van der Waals surface area contributed by atoms with Gasteiger partial charge < -0.3 is 9.64 Å². The van der Waals surface area contributed by atoms with E-state index in [-0.39, 0.29) is 24.0 Å². The maximum atomic E-state index is 14.7. The number of anilines is 1. The lowest BCUT2D eigenvalue weighted by molar-refractivity contribution is -0.130. The summed E-state index contributed by atoms with van der Waals surface area (Å²) in [7, 11) is 1.97. The Labute approximate surface area is 173 Å². The molecule has 1 aliphatic rings. The Bertz CT molecular complexity index is 1120. The van der Waals surface area contributed by atoms with Gasteiger partial charge in [-0.3, -0.25) is 14.5 Å². The fourth-order valence-corrected chi connectivity index (χ4v) is 3.91. The van der Waals surface area contributed by atoms with Crippen molar-refractivity contribution in [2.75, 3.05) is 38.2 Å². The molecule has 3 aromatic rings. The molecular weight excluding hydrogens is 387 g/mol. The van der Waals surface area contributed by atoms with Crippen LogP contribution in [0.5, 0.6) is 0 Å². The molecule has 1 saturated heterocycles. The normalized spacial score (nSPS) is 17.3. The van der Waals surface area contributed by atoms with Crippen LogP contribution < -0.4 is 10.5 Å². The minimum absolute atomic E-state index is 0.00295. The SMILES string of the molecule is CN1CCN(c2cc(Cc3n[nH]c(=O)c4ccccc34)ccc2F)CC1COC=O. The molecule has 7 nitrogen and oxygen atoms in total. The fraction of sp³-hybridized carbons (Fsp3) is 0.318. The maximum Gasteiger partial charge on any atom is 0.293 e. The molecule has 1 atom stereocenters. The Hall–Kier alpha value is -3.26. The number of nitrogens with zero attached hydrogens (tertiary/aromatic N) is 3. The summed E-state index contributed by atoms with van der Waals surface area (Å²) >= 11 is 0. The summed E-state index contributed by atoms with van der Waals surface area (Å²) in [5.74, 6) is -0.294. The largest absolute Gasteiger partial charge is 0.466 e. The van der Waals surface area contributed by atoms with Gasteiger partial charge >= 0.3 is 0 Å². The number of aromatic amines is 1. The average Bonchev–Trinajstić information content (AvgIpc) is 2.77. The van der Waals surface area contributed by atoms with Crippen LogP contribution in [0.1, 0.15) is 11.3 Å². The minimum atomic E-state index is -0.294. The van der Waals surface area contributed by atoms with Gasteiger partial charge in [-0.15, -0.1) is 0 Å². The van der Waals surface area contributed by atoms with Crippen molar-refractivity contribution in [1.82, 2.24) is 15.1 Å². The smallest absolute Gasteiger partial charge is 0.293 e. The highest BCUT2D eigenvalue weighted by Crippen LogP contribution is 2.26. The van der Waals surface area contributed by atoms with E-state index in [1.165, 1.54) is 6.07 Å². The molecule has 0 bridgehead atoms. The lowest BCUT2D eigenvalue weighted by Crippen LogP contribution is -2.53. The number of likely N-dealkylation sites (N-methyl/N-ethyl adjacent to an activating group) is 1. The third-order valence-corrected chi connectivity index (χ3v) is 5.63. The van der Waals surface area contributed by atoms with Gasteiger partial charge in [0, 0.05) is 31.4 Å². The second-order valence-electron chi connectivity index (χ2n) is 7.52. The number of nitrogens with one attached hydrogen (secondary N) is 1. The van der Waals surface area contributed by atoms with Gasteiger partial charge in [0.05, 0.1) is 22.8 Å². The standard InChI is InChI=1S/C22H23FN4O3/c1-26-8-9-27(12-16(26)13-30-14-28)21-11-15(6-7-19(21)23)10-20-17-4-2-3-5-18(17)22(29)25-24-20/h2-7,11,14,16H,8-10,12-13H2,1H3,(H,25,29). The number of rotatable bonds is 6. The highest BCUT2D eigenvalue weighted by Gasteiger charge is 2.26. The van der Waals surface area contributed by atoms with Crippen LogP contribution in [-0.4, -0.2) is 60.9 Å². The number of aromatic nitrogens is 2. The number of hydrogen-bond donors (Lipinski definition) is 1. The third kappa shape index (κ3) is 4.04. The van der Waals surface area contributed by atoms with Crippen molar-refractivity contribution in [3.05, 3.63) is 69.9 Å². The van der Waals surface area contributed by atoms with Crippen molar-refractivity contribution >= 4 is 22.9 Å². The molecule has 1 aliphatic heterocycles. The summed E-state index contributed by atoms with van der Waals surface area (Å²) in [6.45, 7) is 2.68. The second-order valence-corrected chi connectivity index (χ2v) is 7.52. The van der Waals surface area contributed by atoms with Crippen molar-refractivity contribution in [2.45, 2.75) is 12.5 Å². The van der Waals surface area contributed by atoms with Gasteiger partial charge in [-0.2, -0.15) is 5.10 Å². The van der Waals surface area contributed by atoms with Crippen molar-refractivity contribution in [2.24, 2.45) is 0 Å². The lowest BCUT2D eigenvalue weighted by atomic mass is 10.0. The molecule has 4 rings (SSSR count). The Balaban J connectivity index is 1.61. The van der Waals surface area contributed by atoms with Crippen LogP contribution in [0.3, 0.4) is 0 Å². The predicted molar refractivity (Wildman–Crippen MR) is 112 cm³/mol. The number of ether oxygens (including phenoxy) is 1. The Morgan fingerprint density at radius 2 is 2.03 bits per heavy atom. The summed E-state index contributed by atoms with van der Waals surface area (Å²) < 4.78 is 19.6. The zero-order chi connectivity index (χ0) is 21.1. The molecule has 0 spiro atoms. The van der Waals surface area contributed by atoms with Gasteiger partial charge in [0.15, 0.2) is 0 Å². The summed E-state index contributed by atoms with van der Waals surface area (Å²) in [6, 6.07) is 12.4. The monoisotopic (exact) mass is 410 g/mol. The highest BCUT2D eigenvalue weighted by atomic mass is 19.1. The van der Waals surface area contributed by atoms with E-state index in [0.29, 0.717) is 37.1 Å². The quantitative estimate of drug-likeness (QED) is 0.626. The number of fused-ring (bicyclic) bond motifs is 1. The second kappa shape index (κ2) is 8.62. The number of piperazine rings is 1. The summed E-state index contributed by atoms with van der Waals surface area (Å²) in [6.07, 6.45) is 0.468. The molecule has 1 N–H and O–H groups in total. The number of hydrogen-bond acceptors (Lipinski definition) is 6. The summed E-state index contributed by atoms with van der Waals surface area (Å²) in [5.41, 5.74) is 1.93. The first-order valence-corrected chi connectivity index (χ1v) is 9.82. The van der Waals surface area contributed by atoms with E-state index >= 15 is 0 Å². The van der Waals surface area contributed by atoms with Crippen LogP contribution >= 0.6 is 0 Å². The first-order valence-electron chi connectivity index (χ1n) is 9.82. The average molecular weight is 410 g/mol. The molecular formula is C22H23FN4O3. The summed E-state index contributed by atoms with van der Waals surface area (Å²) in [5, 5.41) is 8.14. The topological polar surface area (TPSA) is 78.5 Å². The number of H-pyrrole nitrogens is 1. The predicted octanol–water partition coefficient (Wildman–Crippen LogP) is 1.95. The van der Waals surface area contributed by atoms with Gasteiger partial charge in [0.2, 0.25) is 0 Å². The number of carbonyl (C=O) groups is 1. The molecule has 0 radical (unpaired) electrons. The molecule has 2 aromatic carbocycles. The van der Waals surface area contributed by atoms with Gasteiger partial charge in [0.1, 0.15) is 12.4 Å². The Kier molecular flexibility index (Phi) is 5.76. The van der Waals surface area contributed by atoms with Crippen LogP contribution in [0.2, 0.25) is 0 Å². The molecule has 156 valence electrons. The molecule has 1 fully saturated rings. The Morgan fingerprint density at radius 1 is 1.23 bits per heavy atom. The first kappa shape index (κ1) is 20.0. The van der Waals surface area contributed by atoms with Crippen molar-refractivity contribution in [3.8, 4) is 0 Å². The number of carbonyl (C=O) groups excluding carboxylic acids is 1. The zero-order valence-corrected chi connectivity index (χ0v) is 16.7. The van der Waals surface area contributed by atoms with Crippen LogP contribution in [0.25, 0.3) is 10.8 Å². The fourth-order valence-electron chi connectivity index (χ4n) is 3.91. The van der Waals surface area contributed by atoms with E-state index in [1.54, 1.807) is 12.1 Å². The number of halogens is 1. The van der Waals surface area contributed by atoms with E-state index in [1.807, 2.05) is 36.2 Å².